The maximum atomic E-state index is 13.2. The minimum Gasteiger partial charge on any atom is -0.359 e. The molecule has 1 aromatic rings. The van der Waals surface area contributed by atoms with Crippen LogP contribution in [0.2, 0.25) is 0 Å². The molecule has 1 rings (SSSR count). The van der Waals surface area contributed by atoms with E-state index in [4.69, 9.17) is 12.2 Å². The summed E-state index contributed by atoms with van der Waals surface area (Å²) in [7, 11) is 0. The number of nitrogens with one attached hydrogen (secondary N) is 2. The highest BCUT2D eigenvalue weighted by Gasteiger charge is 2.04. The van der Waals surface area contributed by atoms with Crippen molar-refractivity contribution in [2.24, 2.45) is 5.10 Å². The fourth-order valence-corrected chi connectivity index (χ4v) is 1.37. The first-order valence-corrected chi connectivity index (χ1v) is 5.45. The standard InChI is InChI=1S/C11H13F2N3S/c1-7(2)15-11(17)16-14-6-8-9(12)4-3-5-10(8)13/h3-7H,1-2H3,(H2,15,16,17)/b14-6+. The summed E-state index contributed by atoms with van der Waals surface area (Å²) in [5.74, 6) is -1.34. The van der Waals surface area contributed by atoms with Crippen molar-refractivity contribution in [3.63, 3.8) is 0 Å². The van der Waals surface area contributed by atoms with E-state index in [9.17, 15) is 8.78 Å². The van der Waals surface area contributed by atoms with Crippen molar-refractivity contribution in [2.45, 2.75) is 19.9 Å². The van der Waals surface area contributed by atoms with Gasteiger partial charge in [0.15, 0.2) is 5.11 Å². The van der Waals surface area contributed by atoms with Crippen molar-refractivity contribution in [1.29, 1.82) is 0 Å². The summed E-state index contributed by atoms with van der Waals surface area (Å²) in [6, 6.07) is 3.78. The molecule has 0 aliphatic rings. The van der Waals surface area contributed by atoms with Gasteiger partial charge < -0.3 is 5.32 Å². The van der Waals surface area contributed by atoms with Crippen LogP contribution in [0.4, 0.5) is 8.78 Å². The fourth-order valence-electron chi connectivity index (χ4n) is 1.08. The molecule has 0 radical (unpaired) electrons. The Morgan fingerprint density at radius 2 is 1.94 bits per heavy atom. The van der Waals surface area contributed by atoms with E-state index in [1.54, 1.807) is 0 Å². The molecule has 6 heteroatoms. The van der Waals surface area contributed by atoms with Crippen LogP contribution in [0.3, 0.4) is 0 Å². The number of rotatable bonds is 3. The van der Waals surface area contributed by atoms with Crippen LogP contribution < -0.4 is 10.7 Å². The number of hydrogen-bond donors (Lipinski definition) is 2. The zero-order valence-corrected chi connectivity index (χ0v) is 10.3. The monoisotopic (exact) mass is 257 g/mol. The molecule has 2 N–H and O–H groups in total. The first-order chi connectivity index (χ1) is 8.00. The van der Waals surface area contributed by atoms with Gasteiger partial charge in [0.05, 0.1) is 11.8 Å². The number of halogens is 2. The maximum absolute atomic E-state index is 13.2. The number of benzene rings is 1. The third kappa shape index (κ3) is 4.44. The highest BCUT2D eigenvalue weighted by Crippen LogP contribution is 2.08. The average molecular weight is 257 g/mol. The van der Waals surface area contributed by atoms with Crippen molar-refractivity contribution in [1.82, 2.24) is 10.7 Å². The Labute approximate surface area is 104 Å². The summed E-state index contributed by atoms with van der Waals surface area (Å²) in [4.78, 5) is 0. The van der Waals surface area contributed by atoms with Gasteiger partial charge in [0.1, 0.15) is 11.6 Å². The van der Waals surface area contributed by atoms with Crippen molar-refractivity contribution >= 4 is 23.5 Å². The van der Waals surface area contributed by atoms with Gasteiger partial charge in [-0.05, 0) is 38.2 Å². The van der Waals surface area contributed by atoms with Gasteiger partial charge in [-0.25, -0.2) is 8.78 Å². The molecule has 0 bridgehead atoms. The fraction of sp³-hybridized carbons (Fsp3) is 0.273. The van der Waals surface area contributed by atoms with Crippen LogP contribution in [0.25, 0.3) is 0 Å². The predicted molar refractivity (Wildman–Crippen MR) is 68.0 cm³/mol. The second-order valence-electron chi connectivity index (χ2n) is 3.63. The summed E-state index contributed by atoms with van der Waals surface area (Å²) < 4.78 is 26.4. The van der Waals surface area contributed by atoms with E-state index in [2.05, 4.69) is 15.8 Å². The molecule has 17 heavy (non-hydrogen) atoms. The lowest BCUT2D eigenvalue weighted by atomic mass is 10.2. The number of nitrogens with zero attached hydrogens (tertiary/aromatic N) is 1. The largest absolute Gasteiger partial charge is 0.359 e. The highest BCUT2D eigenvalue weighted by molar-refractivity contribution is 7.80. The number of thiocarbonyl (C=S) groups is 1. The van der Waals surface area contributed by atoms with Crippen molar-refractivity contribution in [3.8, 4) is 0 Å². The zero-order valence-electron chi connectivity index (χ0n) is 9.50. The quantitative estimate of drug-likeness (QED) is 0.495. The Morgan fingerprint density at radius 1 is 1.35 bits per heavy atom. The van der Waals surface area contributed by atoms with Crippen molar-refractivity contribution < 1.29 is 8.78 Å². The molecule has 0 amide bonds. The second kappa shape index (κ2) is 6.24. The Balaban J connectivity index is 2.63. The lowest BCUT2D eigenvalue weighted by Crippen LogP contribution is -2.36. The molecule has 0 spiro atoms. The molecule has 0 saturated heterocycles. The van der Waals surface area contributed by atoms with E-state index < -0.39 is 11.6 Å². The number of hydrogen-bond acceptors (Lipinski definition) is 2. The summed E-state index contributed by atoms with van der Waals surface area (Å²) in [5, 5.41) is 6.83. The summed E-state index contributed by atoms with van der Waals surface area (Å²) >= 11 is 4.89. The minimum atomic E-state index is -0.668. The highest BCUT2D eigenvalue weighted by atomic mass is 32.1. The lowest BCUT2D eigenvalue weighted by Gasteiger charge is -2.09. The Bertz CT molecular complexity index is 412. The Hall–Kier alpha value is -1.56. The van der Waals surface area contributed by atoms with Crippen molar-refractivity contribution in [3.05, 3.63) is 35.4 Å². The SMILES string of the molecule is CC(C)NC(=S)N/N=C/c1c(F)cccc1F. The molecule has 1 aromatic carbocycles. The van der Waals surface area contributed by atoms with Gasteiger partial charge in [0.25, 0.3) is 0 Å². The van der Waals surface area contributed by atoms with Crippen LogP contribution in [-0.2, 0) is 0 Å². The van der Waals surface area contributed by atoms with E-state index >= 15 is 0 Å². The van der Waals surface area contributed by atoms with E-state index in [0.717, 1.165) is 18.3 Å². The molecule has 0 aliphatic heterocycles. The molecule has 3 nitrogen and oxygen atoms in total. The normalized spacial score (nSPS) is 10.9. The van der Waals surface area contributed by atoms with Crippen molar-refractivity contribution in [2.75, 3.05) is 0 Å². The summed E-state index contributed by atoms with van der Waals surface area (Å²) in [6.45, 7) is 3.82. The van der Waals surface area contributed by atoms with Gasteiger partial charge in [-0.2, -0.15) is 5.10 Å². The van der Waals surface area contributed by atoms with Crippen LogP contribution in [0.15, 0.2) is 23.3 Å². The first-order valence-electron chi connectivity index (χ1n) is 5.04. The molecule has 0 heterocycles. The molecular weight excluding hydrogens is 244 g/mol. The molecule has 0 atom stereocenters. The first kappa shape index (κ1) is 13.5. The van der Waals surface area contributed by atoms with Crippen LogP contribution in [0.5, 0.6) is 0 Å². The predicted octanol–water partition coefficient (Wildman–Crippen LogP) is 2.17. The lowest BCUT2D eigenvalue weighted by molar-refractivity contribution is 0.580. The smallest absolute Gasteiger partial charge is 0.187 e. The summed E-state index contributed by atoms with van der Waals surface area (Å²) in [6.07, 6.45) is 1.05. The molecule has 0 aliphatic carbocycles. The van der Waals surface area contributed by atoms with E-state index in [0.29, 0.717) is 5.11 Å². The average Bonchev–Trinajstić information content (AvgIpc) is 2.21. The van der Waals surface area contributed by atoms with E-state index in [1.165, 1.54) is 6.07 Å². The van der Waals surface area contributed by atoms with Gasteiger partial charge in [-0.3, -0.25) is 5.43 Å². The topological polar surface area (TPSA) is 36.4 Å². The number of hydrazone groups is 1. The van der Waals surface area contributed by atoms with Crippen LogP contribution in [-0.4, -0.2) is 17.4 Å². The maximum Gasteiger partial charge on any atom is 0.187 e. The minimum absolute atomic E-state index is 0.162. The van der Waals surface area contributed by atoms with E-state index in [1.807, 2.05) is 13.8 Å². The van der Waals surface area contributed by atoms with Gasteiger partial charge >= 0.3 is 0 Å². The van der Waals surface area contributed by atoms with Crippen LogP contribution in [0.1, 0.15) is 19.4 Å². The molecule has 0 aromatic heterocycles. The molecule has 92 valence electrons. The van der Waals surface area contributed by atoms with Gasteiger partial charge in [0.2, 0.25) is 0 Å². The third-order valence-corrected chi connectivity index (χ3v) is 1.99. The Kier molecular flexibility index (Phi) is 4.96. The van der Waals surface area contributed by atoms with Crippen LogP contribution >= 0.6 is 12.2 Å². The van der Waals surface area contributed by atoms with Gasteiger partial charge in [0, 0.05) is 6.04 Å². The second-order valence-corrected chi connectivity index (χ2v) is 4.04. The Morgan fingerprint density at radius 3 is 2.47 bits per heavy atom. The van der Waals surface area contributed by atoms with Crippen LogP contribution in [0, 0.1) is 11.6 Å². The summed E-state index contributed by atoms with van der Waals surface area (Å²) in [5.41, 5.74) is 2.27. The van der Waals surface area contributed by atoms with Gasteiger partial charge in [-0.1, -0.05) is 6.07 Å². The van der Waals surface area contributed by atoms with Gasteiger partial charge in [-0.15, -0.1) is 0 Å². The third-order valence-electron chi connectivity index (χ3n) is 1.78. The molecule has 0 saturated carbocycles. The molecule has 0 unspecified atom stereocenters. The zero-order chi connectivity index (χ0) is 12.8. The molecule has 0 fully saturated rings. The van der Waals surface area contributed by atoms with E-state index in [-0.39, 0.29) is 11.6 Å². The molecular formula is C11H13F2N3S.